The largest absolute Gasteiger partial charge is 0.338 e. The van der Waals surface area contributed by atoms with Gasteiger partial charge in [0.2, 0.25) is 0 Å². The first-order valence-electron chi connectivity index (χ1n) is 8.83. The molecule has 0 atom stereocenters. The molecule has 4 nitrogen and oxygen atoms in total. The van der Waals surface area contributed by atoms with Crippen LogP contribution in [-0.2, 0) is 0 Å². The molecule has 1 aromatic heterocycles. The molecule has 0 aliphatic carbocycles. The number of carbonyl (C=O) groups is 1. The van der Waals surface area contributed by atoms with Crippen LogP contribution in [0.15, 0.2) is 77.7 Å². The highest BCUT2D eigenvalue weighted by Gasteiger charge is 2.15. The average molecular weight is 373 g/mol. The van der Waals surface area contributed by atoms with E-state index in [2.05, 4.69) is 22.2 Å². The molecule has 0 radical (unpaired) electrons. The fourth-order valence-electron chi connectivity index (χ4n) is 3.00. The Balaban J connectivity index is 1.68. The number of hydrogen-bond acceptors (Lipinski definition) is 3. The van der Waals surface area contributed by atoms with E-state index >= 15 is 0 Å². The van der Waals surface area contributed by atoms with Gasteiger partial charge < -0.3 is 10.3 Å². The van der Waals surface area contributed by atoms with Crippen molar-refractivity contribution < 1.29 is 4.79 Å². The maximum absolute atomic E-state index is 12.9. The van der Waals surface area contributed by atoms with Crippen LogP contribution in [0.4, 0.5) is 5.69 Å². The Hall–Kier alpha value is -3.05. The number of nitrogens with zero attached hydrogens (tertiary/aromatic N) is 1. The molecule has 0 saturated heterocycles. The van der Waals surface area contributed by atoms with Crippen LogP contribution in [0.2, 0.25) is 0 Å². The maximum Gasteiger partial charge on any atom is 0.256 e. The second-order valence-electron chi connectivity index (χ2n) is 6.03. The van der Waals surface area contributed by atoms with E-state index in [9.17, 15) is 4.79 Å². The Morgan fingerprint density at radius 1 is 1.00 bits per heavy atom. The molecule has 3 aromatic carbocycles. The van der Waals surface area contributed by atoms with Crippen LogP contribution in [0.25, 0.3) is 22.4 Å². The fraction of sp³-hybridized carbons (Fsp3) is 0.0909. The second-order valence-corrected chi connectivity index (χ2v) is 7.34. The van der Waals surface area contributed by atoms with E-state index in [0.29, 0.717) is 5.56 Å². The molecule has 5 heteroatoms. The van der Waals surface area contributed by atoms with Gasteiger partial charge in [-0.15, -0.1) is 11.8 Å². The molecule has 2 N–H and O–H groups in total. The fourth-order valence-corrected chi connectivity index (χ4v) is 3.81. The smallest absolute Gasteiger partial charge is 0.256 e. The molecule has 0 fully saturated rings. The Kier molecular flexibility index (Phi) is 4.94. The standard InChI is InChI=1S/C22H19N3OS/c1-2-27-20-14-8-4-10-16(20)22(26)25-17-11-5-3-9-15(17)21-23-18-12-6-7-13-19(18)24-21/h3-14H,2H2,1H3,(H,23,24)(H,25,26). The first kappa shape index (κ1) is 17.4. The van der Waals surface area contributed by atoms with Gasteiger partial charge in [0.25, 0.3) is 5.91 Å². The molecule has 0 spiro atoms. The number of benzene rings is 3. The molecular weight excluding hydrogens is 354 g/mol. The van der Waals surface area contributed by atoms with Gasteiger partial charge in [0.1, 0.15) is 5.82 Å². The molecule has 0 aliphatic heterocycles. The molecule has 0 unspecified atom stereocenters. The molecule has 1 amide bonds. The van der Waals surface area contributed by atoms with Crippen LogP contribution < -0.4 is 5.32 Å². The number of fused-ring (bicyclic) bond motifs is 1. The summed E-state index contributed by atoms with van der Waals surface area (Å²) < 4.78 is 0. The van der Waals surface area contributed by atoms with E-state index in [4.69, 9.17) is 0 Å². The molecule has 0 bridgehead atoms. The van der Waals surface area contributed by atoms with E-state index < -0.39 is 0 Å². The van der Waals surface area contributed by atoms with Crippen molar-refractivity contribution >= 4 is 34.4 Å². The summed E-state index contributed by atoms with van der Waals surface area (Å²) in [5, 5.41) is 3.06. The predicted molar refractivity (Wildman–Crippen MR) is 112 cm³/mol. The van der Waals surface area contributed by atoms with Crippen molar-refractivity contribution in [3.63, 3.8) is 0 Å². The van der Waals surface area contributed by atoms with Crippen LogP contribution in [0.3, 0.4) is 0 Å². The number of amides is 1. The highest BCUT2D eigenvalue weighted by atomic mass is 32.2. The number of carbonyl (C=O) groups excluding carboxylic acids is 1. The first-order chi connectivity index (χ1) is 13.3. The zero-order chi connectivity index (χ0) is 18.6. The van der Waals surface area contributed by atoms with Gasteiger partial charge in [0, 0.05) is 10.5 Å². The number of anilines is 1. The molecule has 0 saturated carbocycles. The van der Waals surface area contributed by atoms with Gasteiger partial charge in [0.15, 0.2) is 0 Å². The molecule has 134 valence electrons. The van der Waals surface area contributed by atoms with Crippen molar-refractivity contribution in [3.8, 4) is 11.4 Å². The topological polar surface area (TPSA) is 57.8 Å². The number of para-hydroxylation sites is 3. The minimum Gasteiger partial charge on any atom is -0.338 e. The molecule has 0 aliphatic rings. The van der Waals surface area contributed by atoms with Gasteiger partial charge in [-0.1, -0.05) is 43.3 Å². The first-order valence-corrected chi connectivity index (χ1v) is 9.82. The minimum atomic E-state index is -0.116. The van der Waals surface area contributed by atoms with Gasteiger partial charge in [-0.05, 0) is 42.2 Å². The summed E-state index contributed by atoms with van der Waals surface area (Å²) in [6, 6.07) is 23.3. The summed E-state index contributed by atoms with van der Waals surface area (Å²) in [5.41, 5.74) is 4.15. The molecular formula is C22H19N3OS. The number of rotatable bonds is 5. The predicted octanol–water partition coefficient (Wildman–Crippen LogP) is 5.59. The van der Waals surface area contributed by atoms with E-state index in [1.165, 1.54) is 0 Å². The van der Waals surface area contributed by atoms with Gasteiger partial charge in [0.05, 0.1) is 22.3 Å². The third-order valence-corrected chi connectivity index (χ3v) is 5.21. The van der Waals surface area contributed by atoms with E-state index in [1.54, 1.807) is 11.8 Å². The average Bonchev–Trinajstić information content (AvgIpc) is 3.13. The Labute approximate surface area is 162 Å². The van der Waals surface area contributed by atoms with E-state index in [0.717, 1.165) is 38.8 Å². The molecule has 4 rings (SSSR count). The highest BCUT2D eigenvalue weighted by Crippen LogP contribution is 2.29. The summed E-state index contributed by atoms with van der Waals surface area (Å²) in [7, 11) is 0. The number of hydrogen-bond donors (Lipinski definition) is 2. The summed E-state index contributed by atoms with van der Waals surface area (Å²) in [6.07, 6.45) is 0. The van der Waals surface area contributed by atoms with Crippen LogP contribution in [-0.4, -0.2) is 21.6 Å². The van der Waals surface area contributed by atoms with Crippen molar-refractivity contribution in [1.29, 1.82) is 0 Å². The lowest BCUT2D eigenvalue weighted by molar-refractivity contribution is 0.102. The summed E-state index contributed by atoms with van der Waals surface area (Å²) >= 11 is 1.66. The van der Waals surface area contributed by atoms with Crippen LogP contribution >= 0.6 is 11.8 Å². The van der Waals surface area contributed by atoms with E-state index in [1.807, 2.05) is 72.8 Å². The lowest BCUT2D eigenvalue weighted by Crippen LogP contribution is -2.13. The van der Waals surface area contributed by atoms with Gasteiger partial charge >= 0.3 is 0 Å². The quantitative estimate of drug-likeness (QED) is 0.448. The molecule has 4 aromatic rings. The Bertz CT molecular complexity index is 1070. The second kappa shape index (κ2) is 7.68. The lowest BCUT2D eigenvalue weighted by atomic mass is 10.1. The monoisotopic (exact) mass is 373 g/mol. The minimum absolute atomic E-state index is 0.116. The van der Waals surface area contributed by atoms with Crippen LogP contribution in [0.5, 0.6) is 0 Å². The van der Waals surface area contributed by atoms with Crippen molar-refractivity contribution in [3.05, 3.63) is 78.4 Å². The third-order valence-electron chi connectivity index (χ3n) is 4.25. The SMILES string of the molecule is CCSc1ccccc1C(=O)Nc1ccccc1-c1nc2ccccc2[nH]1. The van der Waals surface area contributed by atoms with Crippen molar-refractivity contribution in [1.82, 2.24) is 9.97 Å². The number of H-pyrrole nitrogens is 1. The number of thioether (sulfide) groups is 1. The van der Waals surface area contributed by atoms with Gasteiger partial charge in [-0.2, -0.15) is 0 Å². The van der Waals surface area contributed by atoms with Crippen molar-refractivity contribution in [2.45, 2.75) is 11.8 Å². The highest BCUT2D eigenvalue weighted by molar-refractivity contribution is 7.99. The maximum atomic E-state index is 12.9. The van der Waals surface area contributed by atoms with Crippen LogP contribution in [0.1, 0.15) is 17.3 Å². The number of nitrogens with one attached hydrogen (secondary N) is 2. The van der Waals surface area contributed by atoms with Crippen molar-refractivity contribution in [2.75, 3.05) is 11.1 Å². The summed E-state index contributed by atoms with van der Waals surface area (Å²) in [4.78, 5) is 21.9. The third kappa shape index (κ3) is 3.59. The molecule has 1 heterocycles. The lowest BCUT2D eigenvalue weighted by Gasteiger charge is -2.12. The molecule has 27 heavy (non-hydrogen) atoms. The van der Waals surface area contributed by atoms with Crippen LogP contribution in [0, 0.1) is 0 Å². The number of aromatic amines is 1. The van der Waals surface area contributed by atoms with Crippen molar-refractivity contribution in [2.24, 2.45) is 0 Å². The summed E-state index contributed by atoms with van der Waals surface area (Å²) in [6.45, 7) is 2.08. The summed E-state index contributed by atoms with van der Waals surface area (Å²) in [5.74, 6) is 1.54. The number of aromatic nitrogens is 2. The van der Waals surface area contributed by atoms with E-state index in [-0.39, 0.29) is 5.91 Å². The Morgan fingerprint density at radius 2 is 1.74 bits per heavy atom. The number of imidazole rings is 1. The van der Waals surface area contributed by atoms with Gasteiger partial charge in [-0.25, -0.2) is 4.98 Å². The zero-order valence-electron chi connectivity index (χ0n) is 14.9. The van der Waals surface area contributed by atoms with Gasteiger partial charge in [-0.3, -0.25) is 4.79 Å². The normalized spacial score (nSPS) is 10.9. The zero-order valence-corrected chi connectivity index (χ0v) is 15.7. The Morgan fingerprint density at radius 3 is 2.59 bits per heavy atom.